The monoisotopic (exact) mass is 257 g/mol. The topological polar surface area (TPSA) is 70.9 Å². The maximum Gasteiger partial charge on any atom is 0.267 e. The van der Waals surface area contributed by atoms with Gasteiger partial charge in [0, 0.05) is 17.9 Å². The summed E-state index contributed by atoms with van der Waals surface area (Å²) in [5.41, 5.74) is 9.13. The van der Waals surface area contributed by atoms with Gasteiger partial charge < -0.3 is 16.0 Å². The number of nitrogens with two attached hydrogens (primary N) is 1. The quantitative estimate of drug-likeness (QED) is 0.786. The van der Waals surface area contributed by atoms with Crippen LogP contribution < -0.4 is 11.1 Å². The van der Waals surface area contributed by atoms with Crippen LogP contribution in [0, 0.1) is 6.92 Å². The number of hydrogen-bond donors (Lipinski definition) is 3. The summed E-state index contributed by atoms with van der Waals surface area (Å²) in [6.07, 6.45) is 2.43. The van der Waals surface area contributed by atoms with Gasteiger partial charge in [0.25, 0.3) is 5.91 Å². The summed E-state index contributed by atoms with van der Waals surface area (Å²) in [4.78, 5) is 14.8. The highest BCUT2D eigenvalue weighted by Crippen LogP contribution is 2.10. The van der Waals surface area contributed by atoms with Crippen molar-refractivity contribution in [2.24, 2.45) is 0 Å². The number of hydrogen-bond acceptors (Lipinski definition) is 2. The number of nitrogens with one attached hydrogen (secondary N) is 2. The summed E-state index contributed by atoms with van der Waals surface area (Å²) in [6, 6.07) is 9.90. The molecule has 0 saturated carbocycles. The Morgan fingerprint density at radius 3 is 2.79 bits per heavy atom. The van der Waals surface area contributed by atoms with Crippen molar-refractivity contribution in [1.29, 1.82) is 0 Å². The lowest BCUT2D eigenvalue weighted by Crippen LogP contribution is -2.34. The second kappa shape index (κ2) is 5.61. The molecule has 1 unspecified atom stereocenters. The lowest BCUT2D eigenvalue weighted by molar-refractivity contribution is 0.0935. The molecule has 1 aromatic carbocycles. The summed E-state index contributed by atoms with van der Waals surface area (Å²) in [5.74, 6) is -0.127. The molecule has 1 aromatic heterocycles. The van der Waals surface area contributed by atoms with Gasteiger partial charge >= 0.3 is 0 Å². The molecule has 4 nitrogen and oxygen atoms in total. The van der Waals surface area contributed by atoms with Crippen LogP contribution in [0.5, 0.6) is 0 Å². The molecule has 0 saturated heterocycles. The van der Waals surface area contributed by atoms with E-state index in [0.717, 1.165) is 6.42 Å². The normalized spacial score (nSPS) is 12.1. The van der Waals surface area contributed by atoms with E-state index in [1.807, 2.05) is 19.1 Å². The van der Waals surface area contributed by atoms with E-state index in [1.165, 1.54) is 11.1 Å². The third-order valence-electron chi connectivity index (χ3n) is 3.11. The van der Waals surface area contributed by atoms with E-state index < -0.39 is 0 Å². The van der Waals surface area contributed by atoms with Gasteiger partial charge in [-0.1, -0.05) is 24.3 Å². The highest BCUT2D eigenvalue weighted by Gasteiger charge is 2.12. The molecule has 0 radical (unpaired) electrons. The Bertz CT molecular complexity index is 574. The van der Waals surface area contributed by atoms with Crippen LogP contribution in [0.2, 0.25) is 0 Å². The van der Waals surface area contributed by atoms with E-state index in [2.05, 4.69) is 29.4 Å². The highest BCUT2D eigenvalue weighted by atomic mass is 16.1. The number of carbonyl (C=O) groups excluding carboxylic acids is 1. The van der Waals surface area contributed by atoms with Gasteiger partial charge in [-0.3, -0.25) is 4.79 Å². The Morgan fingerprint density at radius 2 is 2.16 bits per heavy atom. The van der Waals surface area contributed by atoms with Crippen molar-refractivity contribution in [2.45, 2.75) is 26.3 Å². The van der Waals surface area contributed by atoms with Gasteiger partial charge in [-0.05, 0) is 37.5 Å². The van der Waals surface area contributed by atoms with Crippen LogP contribution in [0.3, 0.4) is 0 Å². The van der Waals surface area contributed by atoms with Crippen molar-refractivity contribution in [1.82, 2.24) is 10.3 Å². The number of nitrogen functional groups attached to an aromatic ring is 1. The van der Waals surface area contributed by atoms with E-state index in [-0.39, 0.29) is 11.9 Å². The fourth-order valence-electron chi connectivity index (χ4n) is 2.06. The molecule has 1 amide bonds. The number of aromatic nitrogens is 1. The Morgan fingerprint density at radius 1 is 1.42 bits per heavy atom. The zero-order chi connectivity index (χ0) is 13.8. The Labute approximate surface area is 113 Å². The lowest BCUT2D eigenvalue weighted by atomic mass is 10.0. The van der Waals surface area contributed by atoms with Crippen LogP contribution in [0.1, 0.15) is 28.5 Å². The fraction of sp³-hybridized carbons (Fsp3) is 0.267. The predicted octanol–water partition coefficient (Wildman–Crippen LogP) is 2.27. The van der Waals surface area contributed by atoms with Gasteiger partial charge in [0.2, 0.25) is 0 Å². The van der Waals surface area contributed by atoms with Gasteiger partial charge in [0.15, 0.2) is 0 Å². The predicted molar refractivity (Wildman–Crippen MR) is 77.0 cm³/mol. The van der Waals surface area contributed by atoms with Gasteiger partial charge in [-0.2, -0.15) is 0 Å². The number of anilines is 1. The first kappa shape index (κ1) is 13.2. The molecular formula is C15H19N3O. The van der Waals surface area contributed by atoms with E-state index >= 15 is 0 Å². The largest absolute Gasteiger partial charge is 0.397 e. The summed E-state index contributed by atoms with van der Waals surface area (Å²) >= 11 is 0. The van der Waals surface area contributed by atoms with E-state index in [9.17, 15) is 4.79 Å². The Kier molecular flexibility index (Phi) is 3.90. The average Bonchev–Trinajstić information content (AvgIpc) is 2.79. The number of amides is 1. The molecule has 4 heteroatoms. The van der Waals surface area contributed by atoms with Crippen LogP contribution in [-0.4, -0.2) is 16.9 Å². The van der Waals surface area contributed by atoms with E-state index in [0.29, 0.717) is 11.4 Å². The fourth-order valence-corrected chi connectivity index (χ4v) is 2.06. The third kappa shape index (κ3) is 3.37. The highest BCUT2D eigenvalue weighted by molar-refractivity contribution is 5.93. The van der Waals surface area contributed by atoms with Crippen molar-refractivity contribution in [3.8, 4) is 0 Å². The molecule has 0 aliphatic carbocycles. The third-order valence-corrected chi connectivity index (χ3v) is 3.11. The number of rotatable bonds is 4. The second-order valence-electron chi connectivity index (χ2n) is 4.85. The minimum absolute atomic E-state index is 0.0677. The van der Waals surface area contributed by atoms with Crippen LogP contribution in [0.15, 0.2) is 36.5 Å². The van der Waals surface area contributed by atoms with Crippen molar-refractivity contribution < 1.29 is 4.79 Å². The molecule has 2 rings (SSSR count). The molecule has 0 spiro atoms. The minimum Gasteiger partial charge on any atom is -0.397 e. The molecule has 4 N–H and O–H groups in total. The first-order valence-corrected chi connectivity index (χ1v) is 6.35. The van der Waals surface area contributed by atoms with Crippen molar-refractivity contribution >= 4 is 11.6 Å². The zero-order valence-electron chi connectivity index (χ0n) is 11.2. The first-order valence-electron chi connectivity index (χ1n) is 6.35. The number of carbonyl (C=O) groups is 1. The summed E-state index contributed by atoms with van der Waals surface area (Å²) < 4.78 is 0. The smallest absolute Gasteiger partial charge is 0.267 e. The molecule has 1 heterocycles. The number of aryl methyl sites for hydroxylation is 1. The molecule has 19 heavy (non-hydrogen) atoms. The summed E-state index contributed by atoms with van der Waals surface area (Å²) in [7, 11) is 0. The molecule has 2 aromatic rings. The average molecular weight is 257 g/mol. The molecule has 1 atom stereocenters. The van der Waals surface area contributed by atoms with Crippen molar-refractivity contribution in [3.63, 3.8) is 0 Å². The summed E-state index contributed by atoms with van der Waals surface area (Å²) in [5, 5.41) is 2.96. The lowest BCUT2D eigenvalue weighted by Gasteiger charge is -2.14. The Hall–Kier alpha value is -2.23. The minimum atomic E-state index is -0.127. The van der Waals surface area contributed by atoms with Gasteiger partial charge in [0.1, 0.15) is 5.69 Å². The second-order valence-corrected chi connectivity index (χ2v) is 4.85. The van der Waals surface area contributed by atoms with E-state index in [1.54, 1.807) is 12.3 Å². The Balaban J connectivity index is 1.96. The van der Waals surface area contributed by atoms with Gasteiger partial charge in [-0.25, -0.2) is 0 Å². The molecule has 0 bridgehead atoms. The van der Waals surface area contributed by atoms with Crippen LogP contribution >= 0.6 is 0 Å². The first-order chi connectivity index (χ1) is 9.06. The van der Waals surface area contributed by atoms with Crippen molar-refractivity contribution in [3.05, 3.63) is 53.3 Å². The van der Waals surface area contributed by atoms with Gasteiger partial charge in [0.05, 0.1) is 0 Å². The molecule has 0 aliphatic heterocycles. The molecule has 0 aliphatic rings. The zero-order valence-corrected chi connectivity index (χ0v) is 11.2. The SMILES string of the molecule is Cc1ccccc1CC(C)NC(=O)c1cc(N)c[nH]1. The van der Waals surface area contributed by atoms with Crippen molar-refractivity contribution in [2.75, 3.05) is 5.73 Å². The number of benzene rings is 1. The maximum absolute atomic E-state index is 11.9. The number of H-pyrrole nitrogens is 1. The van der Waals surface area contributed by atoms with Crippen LogP contribution in [-0.2, 0) is 6.42 Å². The summed E-state index contributed by atoms with van der Waals surface area (Å²) in [6.45, 7) is 4.08. The number of aromatic amines is 1. The molecule has 0 fully saturated rings. The standard InChI is InChI=1S/C15H19N3O/c1-10-5-3-4-6-12(10)7-11(2)18-15(19)14-8-13(16)9-17-14/h3-6,8-9,11,17H,7,16H2,1-2H3,(H,18,19). The van der Waals surface area contributed by atoms with Crippen LogP contribution in [0.4, 0.5) is 5.69 Å². The maximum atomic E-state index is 11.9. The molecular weight excluding hydrogens is 238 g/mol. The van der Waals surface area contributed by atoms with Crippen LogP contribution in [0.25, 0.3) is 0 Å². The van der Waals surface area contributed by atoms with Gasteiger partial charge in [-0.15, -0.1) is 0 Å². The van der Waals surface area contributed by atoms with E-state index in [4.69, 9.17) is 5.73 Å². The molecule has 100 valence electrons.